The molecule has 0 radical (unpaired) electrons. The van der Waals surface area contributed by atoms with Gasteiger partial charge in [0.25, 0.3) is 5.91 Å². The highest BCUT2D eigenvalue weighted by Crippen LogP contribution is 2.39. The van der Waals surface area contributed by atoms with E-state index in [0.29, 0.717) is 36.8 Å². The Morgan fingerprint density at radius 3 is 2.65 bits per heavy atom. The first-order valence-corrected chi connectivity index (χ1v) is 11.2. The number of benzene rings is 1. The van der Waals surface area contributed by atoms with Gasteiger partial charge in [0, 0.05) is 44.1 Å². The molecule has 164 valence electrons. The van der Waals surface area contributed by atoms with Gasteiger partial charge in [0.1, 0.15) is 13.2 Å². The molecule has 31 heavy (non-hydrogen) atoms. The summed E-state index contributed by atoms with van der Waals surface area (Å²) in [7, 11) is 0. The SMILES string of the molecule is O=C(NC[C@H]1CCC2(CCN(Cc3ccncc3)CC2)O1)c1ccc2c(c1)OCCO2. The fraction of sp³-hybridized carbons (Fsp3) is 0.500. The second-order valence-electron chi connectivity index (χ2n) is 8.66. The minimum Gasteiger partial charge on any atom is -0.486 e. The Hall–Kier alpha value is -2.64. The van der Waals surface area contributed by atoms with Crippen molar-refractivity contribution in [1.82, 2.24) is 15.2 Å². The number of hydrogen-bond donors (Lipinski definition) is 1. The minimum atomic E-state index is -0.103. The lowest BCUT2D eigenvalue weighted by Crippen LogP contribution is -2.44. The summed E-state index contributed by atoms with van der Waals surface area (Å²) in [5, 5.41) is 3.03. The van der Waals surface area contributed by atoms with Crippen LogP contribution in [0.4, 0.5) is 0 Å². The van der Waals surface area contributed by atoms with Gasteiger partial charge in [-0.05, 0) is 61.6 Å². The second-order valence-corrected chi connectivity index (χ2v) is 8.66. The monoisotopic (exact) mass is 423 g/mol. The standard InChI is InChI=1S/C24H29N3O4/c28-23(19-1-2-21-22(15-19)30-14-13-29-21)26-16-20-3-6-24(31-20)7-11-27(12-8-24)17-18-4-9-25-10-5-18/h1-2,4-5,9-10,15,20H,3,6-8,11-14,16-17H2,(H,26,28)/t20-/m1/s1. The fourth-order valence-corrected chi connectivity index (χ4v) is 4.77. The lowest BCUT2D eigenvalue weighted by Gasteiger charge is -2.39. The number of fused-ring (bicyclic) bond motifs is 1. The van der Waals surface area contributed by atoms with Crippen LogP contribution in [0.5, 0.6) is 11.5 Å². The van der Waals surface area contributed by atoms with Gasteiger partial charge in [-0.3, -0.25) is 14.7 Å². The second kappa shape index (κ2) is 8.85. The first kappa shape index (κ1) is 20.3. The molecule has 0 unspecified atom stereocenters. The zero-order valence-electron chi connectivity index (χ0n) is 17.7. The van der Waals surface area contributed by atoms with Crippen molar-refractivity contribution < 1.29 is 19.0 Å². The van der Waals surface area contributed by atoms with Crippen LogP contribution in [-0.4, -0.2) is 60.3 Å². The molecule has 5 rings (SSSR count). The summed E-state index contributed by atoms with van der Waals surface area (Å²) in [5.74, 6) is 1.22. The molecule has 0 bridgehead atoms. The van der Waals surface area contributed by atoms with E-state index in [2.05, 4.69) is 27.3 Å². The molecule has 2 saturated heterocycles. The van der Waals surface area contributed by atoms with Gasteiger partial charge in [-0.15, -0.1) is 0 Å². The molecule has 4 heterocycles. The molecule has 3 aliphatic rings. The summed E-state index contributed by atoms with van der Waals surface area (Å²) in [6, 6.07) is 9.48. The van der Waals surface area contributed by atoms with Gasteiger partial charge in [0.05, 0.1) is 11.7 Å². The van der Waals surface area contributed by atoms with Crippen LogP contribution in [0.2, 0.25) is 0 Å². The number of carbonyl (C=O) groups is 1. The molecule has 7 nitrogen and oxygen atoms in total. The van der Waals surface area contributed by atoms with E-state index in [1.807, 2.05) is 12.4 Å². The molecule has 0 aliphatic carbocycles. The molecule has 1 amide bonds. The average molecular weight is 424 g/mol. The molecule has 2 aromatic rings. The Labute approximate surface area is 182 Å². The lowest BCUT2D eigenvalue weighted by atomic mass is 9.88. The fourth-order valence-electron chi connectivity index (χ4n) is 4.77. The third-order valence-corrected chi connectivity index (χ3v) is 6.56. The van der Waals surface area contributed by atoms with Gasteiger partial charge in [-0.1, -0.05) is 0 Å². The zero-order chi connectivity index (χ0) is 21.1. The van der Waals surface area contributed by atoms with Crippen molar-refractivity contribution in [3.05, 3.63) is 53.9 Å². The van der Waals surface area contributed by atoms with Crippen LogP contribution < -0.4 is 14.8 Å². The van der Waals surface area contributed by atoms with Gasteiger partial charge in [0.2, 0.25) is 0 Å². The lowest BCUT2D eigenvalue weighted by molar-refractivity contribution is -0.0764. The zero-order valence-corrected chi connectivity index (χ0v) is 17.7. The summed E-state index contributed by atoms with van der Waals surface area (Å²) >= 11 is 0. The van der Waals surface area contributed by atoms with E-state index in [9.17, 15) is 4.79 Å². The van der Waals surface area contributed by atoms with Crippen LogP contribution >= 0.6 is 0 Å². The van der Waals surface area contributed by atoms with E-state index >= 15 is 0 Å². The van der Waals surface area contributed by atoms with Gasteiger partial charge in [-0.25, -0.2) is 0 Å². The molecule has 1 N–H and O–H groups in total. The Bertz CT molecular complexity index is 912. The van der Waals surface area contributed by atoms with Crippen molar-refractivity contribution in [2.24, 2.45) is 0 Å². The predicted octanol–water partition coefficient (Wildman–Crippen LogP) is 2.80. The van der Waals surface area contributed by atoms with E-state index < -0.39 is 0 Å². The Morgan fingerprint density at radius 2 is 1.84 bits per heavy atom. The van der Waals surface area contributed by atoms with E-state index in [-0.39, 0.29) is 17.6 Å². The van der Waals surface area contributed by atoms with Gasteiger partial charge >= 0.3 is 0 Å². The topological polar surface area (TPSA) is 72.9 Å². The minimum absolute atomic E-state index is 0.0267. The molecule has 1 atom stereocenters. The molecule has 7 heteroatoms. The summed E-state index contributed by atoms with van der Waals surface area (Å²) in [6.45, 7) is 4.64. The van der Waals surface area contributed by atoms with Crippen LogP contribution in [0.25, 0.3) is 0 Å². The Balaban J connectivity index is 1.09. The summed E-state index contributed by atoms with van der Waals surface area (Å²) < 4.78 is 17.6. The smallest absolute Gasteiger partial charge is 0.251 e. The number of likely N-dealkylation sites (tertiary alicyclic amines) is 1. The number of amides is 1. The number of ether oxygens (including phenoxy) is 3. The quantitative estimate of drug-likeness (QED) is 0.797. The number of aromatic nitrogens is 1. The normalized spacial score (nSPS) is 22.4. The first-order valence-electron chi connectivity index (χ1n) is 11.2. The van der Waals surface area contributed by atoms with Gasteiger partial charge < -0.3 is 19.5 Å². The molecular formula is C24H29N3O4. The van der Waals surface area contributed by atoms with Crippen molar-refractivity contribution in [3.8, 4) is 11.5 Å². The van der Waals surface area contributed by atoms with Crippen molar-refractivity contribution in [1.29, 1.82) is 0 Å². The molecule has 1 aromatic heterocycles. The number of nitrogens with zero attached hydrogens (tertiary/aromatic N) is 2. The molecule has 0 saturated carbocycles. The molecule has 1 aromatic carbocycles. The van der Waals surface area contributed by atoms with E-state index in [0.717, 1.165) is 45.3 Å². The Kier molecular flexibility index (Phi) is 5.78. The molecule has 3 aliphatic heterocycles. The van der Waals surface area contributed by atoms with Crippen LogP contribution in [0.3, 0.4) is 0 Å². The first-order chi connectivity index (χ1) is 15.2. The van der Waals surface area contributed by atoms with Crippen LogP contribution in [0, 0.1) is 0 Å². The van der Waals surface area contributed by atoms with Crippen molar-refractivity contribution in [2.75, 3.05) is 32.8 Å². The molecule has 1 spiro atoms. The third kappa shape index (κ3) is 4.67. The van der Waals surface area contributed by atoms with Gasteiger partial charge in [-0.2, -0.15) is 0 Å². The van der Waals surface area contributed by atoms with Crippen LogP contribution in [0.1, 0.15) is 41.6 Å². The maximum absolute atomic E-state index is 12.6. The number of pyridine rings is 1. The van der Waals surface area contributed by atoms with Crippen LogP contribution in [-0.2, 0) is 11.3 Å². The predicted molar refractivity (Wildman–Crippen MR) is 115 cm³/mol. The van der Waals surface area contributed by atoms with E-state index in [1.54, 1.807) is 18.2 Å². The summed E-state index contributed by atoms with van der Waals surface area (Å²) in [5.41, 5.74) is 1.86. The maximum atomic E-state index is 12.6. The largest absolute Gasteiger partial charge is 0.486 e. The number of rotatable bonds is 5. The summed E-state index contributed by atoms with van der Waals surface area (Å²) in [6.07, 6.45) is 7.94. The van der Waals surface area contributed by atoms with E-state index in [1.165, 1.54) is 5.56 Å². The number of piperidine rings is 1. The molecular weight excluding hydrogens is 394 g/mol. The highest BCUT2D eigenvalue weighted by Gasteiger charge is 2.42. The third-order valence-electron chi connectivity index (χ3n) is 6.56. The van der Waals surface area contributed by atoms with Gasteiger partial charge in [0.15, 0.2) is 11.5 Å². The highest BCUT2D eigenvalue weighted by molar-refractivity contribution is 5.94. The van der Waals surface area contributed by atoms with Crippen molar-refractivity contribution in [2.45, 2.75) is 43.9 Å². The molecule has 2 fully saturated rings. The Morgan fingerprint density at radius 1 is 1.06 bits per heavy atom. The van der Waals surface area contributed by atoms with Crippen LogP contribution in [0.15, 0.2) is 42.7 Å². The maximum Gasteiger partial charge on any atom is 0.251 e. The summed E-state index contributed by atoms with van der Waals surface area (Å²) in [4.78, 5) is 19.2. The average Bonchev–Trinajstić information content (AvgIpc) is 3.22. The number of carbonyl (C=O) groups excluding carboxylic acids is 1. The van der Waals surface area contributed by atoms with Crippen molar-refractivity contribution >= 4 is 5.91 Å². The number of hydrogen-bond acceptors (Lipinski definition) is 6. The highest BCUT2D eigenvalue weighted by atomic mass is 16.6. The van der Waals surface area contributed by atoms with E-state index in [4.69, 9.17) is 14.2 Å². The van der Waals surface area contributed by atoms with Crippen molar-refractivity contribution in [3.63, 3.8) is 0 Å². The number of nitrogens with one attached hydrogen (secondary N) is 1.